The number of carbonyl (C=O) groups is 1. The second-order valence-corrected chi connectivity index (χ2v) is 6.56. The summed E-state index contributed by atoms with van der Waals surface area (Å²) in [5.41, 5.74) is -0.623. The molecule has 0 saturated carbocycles. The van der Waals surface area contributed by atoms with Crippen LogP contribution in [0.2, 0.25) is 0 Å². The predicted octanol–water partition coefficient (Wildman–Crippen LogP) is 1.36. The van der Waals surface area contributed by atoms with E-state index in [0.29, 0.717) is 11.3 Å². The summed E-state index contributed by atoms with van der Waals surface area (Å²) in [7, 11) is 0. The summed E-state index contributed by atoms with van der Waals surface area (Å²) in [4.78, 5) is 25.0. The maximum absolute atomic E-state index is 11.4. The highest BCUT2D eigenvalue weighted by molar-refractivity contribution is 7.14. The van der Waals surface area contributed by atoms with E-state index in [2.05, 4.69) is 10.3 Å². The van der Waals surface area contributed by atoms with Crippen LogP contribution in [0.5, 0.6) is 0 Å². The number of rotatable bonds is 6. The molecule has 0 bridgehead atoms. The molecule has 9 nitrogen and oxygen atoms in total. The molecule has 22 heavy (non-hydrogen) atoms. The molecule has 0 aromatic carbocycles. The molecule has 0 saturated heterocycles. The van der Waals surface area contributed by atoms with Crippen molar-refractivity contribution in [1.82, 2.24) is 10.3 Å². The first kappa shape index (κ1) is 18.3. The van der Waals surface area contributed by atoms with Gasteiger partial charge in [0.25, 0.3) is 0 Å². The predicted molar refractivity (Wildman–Crippen MR) is 78.6 cm³/mol. The maximum atomic E-state index is 11.4. The van der Waals surface area contributed by atoms with Crippen molar-refractivity contribution in [2.24, 2.45) is 0 Å². The van der Waals surface area contributed by atoms with E-state index >= 15 is 0 Å². The highest BCUT2D eigenvalue weighted by atomic mass is 32.1. The second kappa shape index (κ2) is 7.47. The normalized spacial score (nSPS) is 14.2. The van der Waals surface area contributed by atoms with E-state index in [1.165, 1.54) is 0 Å². The molecule has 2 atom stereocenters. The van der Waals surface area contributed by atoms with Crippen molar-refractivity contribution in [3.63, 3.8) is 0 Å². The largest absolute Gasteiger partial charge is 0.444 e. The molecule has 1 rings (SSSR count). The molecule has 124 valence electrons. The minimum absolute atomic E-state index is 0.0494. The molecule has 3 N–H and O–H groups in total. The minimum Gasteiger partial charge on any atom is -0.444 e. The van der Waals surface area contributed by atoms with Crippen molar-refractivity contribution < 1.29 is 24.7 Å². The Bertz CT molecular complexity index is 527. The minimum atomic E-state index is -1.35. The number of hydrogen-bond acceptors (Lipinski definition) is 8. The lowest BCUT2D eigenvalue weighted by molar-refractivity contribution is -0.380. The number of alkyl carbamates (subject to hydrolysis) is 1. The number of nitrogens with zero attached hydrogens (tertiary/aromatic N) is 2. The number of nitro groups is 1. The summed E-state index contributed by atoms with van der Waals surface area (Å²) in [5.74, 6) is 0. The van der Waals surface area contributed by atoms with Gasteiger partial charge in [0.1, 0.15) is 22.9 Å². The zero-order valence-electron chi connectivity index (χ0n) is 12.5. The van der Waals surface area contributed by atoms with Crippen LogP contribution in [-0.2, 0) is 4.74 Å². The number of carbonyl (C=O) groups excluding carboxylic acids is 1. The van der Waals surface area contributed by atoms with Gasteiger partial charge in [-0.3, -0.25) is 10.1 Å². The third-order valence-corrected chi connectivity index (χ3v) is 3.44. The molecule has 0 aliphatic carbocycles. The van der Waals surface area contributed by atoms with Crippen molar-refractivity contribution in [2.45, 2.75) is 45.0 Å². The van der Waals surface area contributed by atoms with E-state index in [4.69, 9.17) is 4.74 Å². The first-order chi connectivity index (χ1) is 10.1. The second-order valence-electron chi connectivity index (χ2n) is 5.52. The van der Waals surface area contributed by atoms with Crippen LogP contribution in [0, 0.1) is 10.1 Å². The average molecular weight is 333 g/mol. The van der Waals surface area contributed by atoms with Crippen LogP contribution < -0.4 is 5.32 Å². The fourth-order valence-corrected chi connectivity index (χ4v) is 2.24. The SMILES string of the molecule is CC(C)(C)OC(=O)NCCC(O)C(O)c1ncc([N+](=O)[O-])s1. The summed E-state index contributed by atoms with van der Waals surface area (Å²) < 4.78 is 5.01. The summed E-state index contributed by atoms with van der Waals surface area (Å²) >= 11 is 0.693. The van der Waals surface area contributed by atoms with Gasteiger partial charge in [0.05, 0.1) is 11.0 Å². The molecule has 0 radical (unpaired) electrons. The van der Waals surface area contributed by atoms with Crippen LogP contribution in [0.25, 0.3) is 0 Å². The number of nitrogens with one attached hydrogen (secondary N) is 1. The van der Waals surface area contributed by atoms with Crippen molar-refractivity contribution >= 4 is 22.4 Å². The van der Waals surface area contributed by atoms with E-state index in [1.54, 1.807) is 20.8 Å². The molecular weight excluding hydrogens is 314 g/mol. The average Bonchev–Trinajstić information content (AvgIpc) is 2.85. The zero-order valence-corrected chi connectivity index (χ0v) is 13.3. The summed E-state index contributed by atoms with van der Waals surface area (Å²) in [6.45, 7) is 5.25. The molecule has 1 heterocycles. The zero-order chi connectivity index (χ0) is 16.9. The van der Waals surface area contributed by atoms with E-state index in [-0.39, 0.29) is 23.0 Å². The van der Waals surface area contributed by atoms with Crippen LogP contribution in [0.1, 0.15) is 38.3 Å². The lowest BCUT2D eigenvalue weighted by Gasteiger charge is -2.20. The quantitative estimate of drug-likeness (QED) is 0.528. The molecule has 1 aromatic rings. The van der Waals surface area contributed by atoms with Crippen LogP contribution in [-0.4, -0.2) is 44.5 Å². The smallest absolute Gasteiger partial charge is 0.407 e. The lowest BCUT2D eigenvalue weighted by Crippen LogP contribution is -2.34. The molecule has 1 amide bonds. The summed E-state index contributed by atoms with van der Waals surface area (Å²) in [5, 5.41) is 32.5. The highest BCUT2D eigenvalue weighted by Gasteiger charge is 2.24. The topological polar surface area (TPSA) is 135 Å². The van der Waals surface area contributed by atoms with Gasteiger partial charge >= 0.3 is 11.1 Å². The van der Waals surface area contributed by atoms with Gasteiger partial charge in [-0.2, -0.15) is 0 Å². The number of aromatic nitrogens is 1. The Hall–Kier alpha value is -1.78. The van der Waals surface area contributed by atoms with Gasteiger partial charge in [-0.05, 0) is 38.5 Å². The first-order valence-electron chi connectivity index (χ1n) is 6.53. The van der Waals surface area contributed by atoms with Gasteiger partial charge in [-0.25, -0.2) is 9.78 Å². The Labute approximate surface area is 131 Å². The fraction of sp³-hybridized carbons (Fsp3) is 0.667. The van der Waals surface area contributed by atoms with Gasteiger partial charge in [0, 0.05) is 6.54 Å². The Balaban J connectivity index is 2.42. The van der Waals surface area contributed by atoms with Gasteiger partial charge in [0.2, 0.25) is 0 Å². The molecular formula is C12H19N3O6S. The van der Waals surface area contributed by atoms with E-state index in [0.717, 1.165) is 6.20 Å². The molecule has 10 heteroatoms. The van der Waals surface area contributed by atoms with Crippen molar-refractivity contribution in [2.75, 3.05) is 6.54 Å². The standard InChI is InChI=1S/C12H19N3O6S/c1-12(2,3)21-11(18)13-5-4-7(16)9(17)10-14-6-8(22-10)15(19)20/h6-7,9,16-17H,4-5H2,1-3H3,(H,13,18). The summed E-state index contributed by atoms with van der Waals surface area (Å²) in [6.07, 6.45) is -2.11. The third-order valence-electron chi connectivity index (χ3n) is 2.42. The van der Waals surface area contributed by atoms with Gasteiger partial charge in [-0.15, -0.1) is 0 Å². The molecule has 0 fully saturated rings. The monoisotopic (exact) mass is 333 g/mol. The van der Waals surface area contributed by atoms with Crippen molar-refractivity contribution in [3.05, 3.63) is 21.3 Å². The lowest BCUT2D eigenvalue weighted by atomic mass is 10.1. The molecule has 0 spiro atoms. The van der Waals surface area contributed by atoms with Crippen molar-refractivity contribution in [1.29, 1.82) is 0 Å². The number of thiazole rings is 1. The Morgan fingerprint density at radius 1 is 1.55 bits per heavy atom. The molecule has 1 aromatic heterocycles. The number of hydrogen-bond donors (Lipinski definition) is 3. The number of amides is 1. The van der Waals surface area contributed by atoms with Gasteiger partial charge < -0.3 is 20.3 Å². The summed E-state index contributed by atoms with van der Waals surface area (Å²) in [6, 6.07) is 0. The van der Waals surface area contributed by atoms with Crippen molar-refractivity contribution in [3.8, 4) is 0 Å². The fourth-order valence-electron chi connectivity index (χ4n) is 1.46. The van der Waals surface area contributed by atoms with E-state index in [1.807, 2.05) is 0 Å². The Morgan fingerprint density at radius 2 is 2.18 bits per heavy atom. The Kier molecular flexibility index (Phi) is 6.21. The first-order valence-corrected chi connectivity index (χ1v) is 7.35. The molecule has 0 aliphatic heterocycles. The van der Waals surface area contributed by atoms with Crippen LogP contribution in [0.15, 0.2) is 6.20 Å². The highest BCUT2D eigenvalue weighted by Crippen LogP contribution is 2.28. The van der Waals surface area contributed by atoms with Gasteiger partial charge in [-0.1, -0.05) is 0 Å². The number of ether oxygens (including phenoxy) is 1. The maximum Gasteiger partial charge on any atom is 0.407 e. The van der Waals surface area contributed by atoms with Crippen LogP contribution >= 0.6 is 11.3 Å². The van der Waals surface area contributed by atoms with E-state index < -0.39 is 28.8 Å². The number of aliphatic hydroxyl groups is 2. The van der Waals surface area contributed by atoms with Gasteiger partial charge in [0.15, 0.2) is 0 Å². The van der Waals surface area contributed by atoms with E-state index in [9.17, 15) is 25.1 Å². The third kappa shape index (κ3) is 5.92. The molecule has 2 unspecified atom stereocenters. The number of aliphatic hydroxyl groups excluding tert-OH is 2. The molecule has 0 aliphatic rings. The van der Waals surface area contributed by atoms with Crippen LogP contribution in [0.4, 0.5) is 9.80 Å². The van der Waals surface area contributed by atoms with Crippen LogP contribution in [0.3, 0.4) is 0 Å². The Morgan fingerprint density at radius 3 is 2.68 bits per heavy atom.